The number of esters is 2. The SMILES string of the molecule is COC(=O)C(OC(=O)C(CCO[Si](C)(C)C(C)(C)C)C1CN(C(=O)OC(C)(C)C)C1)C(=O)c1ccc(Oc2ccccc2)cc1. The molecular weight excluding hydrogens is 594 g/mol. The number of amides is 1. The molecule has 0 aromatic heterocycles. The molecule has 0 N–H and O–H groups in total. The van der Waals surface area contributed by atoms with Crippen molar-refractivity contribution >= 4 is 32.1 Å². The number of hydrogen-bond donors (Lipinski definition) is 0. The van der Waals surface area contributed by atoms with Crippen molar-refractivity contribution in [3.8, 4) is 11.5 Å². The molecule has 1 aliphatic rings. The number of carbonyl (C=O) groups is 4. The molecule has 11 heteroatoms. The Bertz CT molecular complexity index is 1320. The van der Waals surface area contributed by atoms with Crippen molar-refractivity contribution in [2.75, 3.05) is 26.8 Å². The van der Waals surface area contributed by atoms with Gasteiger partial charge in [-0.05, 0) is 81.7 Å². The maximum absolute atomic E-state index is 13.7. The Morgan fingerprint density at radius 2 is 1.44 bits per heavy atom. The van der Waals surface area contributed by atoms with Crippen LogP contribution in [0.25, 0.3) is 0 Å². The fourth-order valence-electron chi connectivity index (χ4n) is 4.43. The number of nitrogens with zero attached hydrogens (tertiary/aromatic N) is 1. The molecule has 0 radical (unpaired) electrons. The van der Waals surface area contributed by atoms with Gasteiger partial charge in [-0.3, -0.25) is 9.59 Å². The van der Waals surface area contributed by atoms with Gasteiger partial charge in [0.05, 0.1) is 13.0 Å². The van der Waals surface area contributed by atoms with Crippen LogP contribution in [0, 0.1) is 11.8 Å². The highest BCUT2D eigenvalue weighted by atomic mass is 28.4. The van der Waals surface area contributed by atoms with E-state index in [9.17, 15) is 19.2 Å². The minimum Gasteiger partial charge on any atom is -0.466 e. The van der Waals surface area contributed by atoms with Crippen LogP contribution in [0.15, 0.2) is 54.6 Å². The number of ketones is 1. The van der Waals surface area contributed by atoms with Gasteiger partial charge in [0.15, 0.2) is 8.32 Å². The van der Waals surface area contributed by atoms with Gasteiger partial charge < -0.3 is 28.3 Å². The Morgan fingerprint density at radius 3 is 1.98 bits per heavy atom. The number of benzene rings is 2. The number of likely N-dealkylation sites (tertiary alicyclic amines) is 1. The summed E-state index contributed by atoms with van der Waals surface area (Å²) in [6, 6.07) is 15.3. The molecule has 0 aliphatic carbocycles. The Labute approximate surface area is 267 Å². The van der Waals surface area contributed by atoms with Gasteiger partial charge in [0.2, 0.25) is 5.78 Å². The first kappa shape index (κ1) is 35.8. The number of para-hydroxylation sites is 1. The molecule has 2 aromatic rings. The molecule has 10 nitrogen and oxygen atoms in total. The van der Waals surface area contributed by atoms with Crippen LogP contribution < -0.4 is 4.74 Å². The summed E-state index contributed by atoms with van der Waals surface area (Å²) in [4.78, 5) is 54.0. The number of ether oxygens (including phenoxy) is 4. The lowest BCUT2D eigenvalue weighted by molar-refractivity contribution is -0.168. The van der Waals surface area contributed by atoms with E-state index < -0.39 is 49.8 Å². The summed E-state index contributed by atoms with van der Waals surface area (Å²) in [6.45, 7) is 16.8. The van der Waals surface area contributed by atoms with E-state index in [0.29, 0.717) is 24.5 Å². The van der Waals surface area contributed by atoms with Crippen LogP contribution in [-0.2, 0) is 28.2 Å². The number of hydrogen-bond acceptors (Lipinski definition) is 9. The first-order valence-corrected chi connectivity index (χ1v) is 18.1. The molecular formula is C34H47NO9Si. The Hall–Kier alpha value is -3.70. The average molecular weight is 642 g/mol. The van der Waals surface area contributed by atoms with Crippen LogP contribution in [-0.4, -0.2) is 75.5 Å². The van der Waals surface area contributed by atoms with Crippen molar-refractivity contribution in [2.24, 2.45) is 11.8 Å². The van der Waals surface area contributed by atoms with Gasteiger partial charge >= 0.3 is 18.0 Å². The van der Waals surface area contributed by atoms with Crippen molar-refractivity contribution in [3.63, 3.8) is 0 Å². The van der Waals surface area contributed by atoms with E-state index in [1.165, 1.54) is 17.0 Å². The second kappa shape index (κ2) is 14.6. The van der Waals surface area contributed by atoms with E-state index in [1.54, 1.807) is 45.0 Å². The topological polar surface area (TPSA) is 118 Å². The number of carbonyl (C=O) groups excluding carboxylic acids is 4. The Morgan fingerprint density at radius 1 is 0.867 bits per heavy atom. The number of Topliss-reactive ketones (excluding diaryl/α,β-unsaturated/α-hetero) is 1. The quantitative estimate of drug-likeness (QED) is 0.0826. The van der Waals surface area contributed by atoms with Crippen molar-refractivity contribution < 1.29 is 42.6 Å². The molecule has 3 rings (SSSR count). The molecule has 1 saturated heterocycles. The summed E-state index contributed by atoms with van der Waals surface area (Å²) in [5.74, 6) is -2.31. The van der Waals surface area contributed by atoms with Gasteiger partial charge in [0.25, 0.3) is 6.10 Å². The predicted molar refractivity (Wildman–Crippen MR) is 172 cm³/mol. The lowest BCUT2D eigenvalue weighted by Gasteiger charge is -2.43. The van der Waals surface area contributed by atoms with E-state index in [0.717, 1.165) is 7.11 Å². The number of methoxy groups -OCH3 is 1. The van der Waals surface area contributed by atoms with Crippen LogP contribution in [0.5, 0.6) is 11.5 Å². The van der Waals surface area contributed by atoms with Gasteiger partial charge in [-0.15, -0.1) is 0 Å². The molecule has 2 unspecified atom stereocenters. The van der Waals surface area contributed by atoms with Gasteiger partial charge in [0, 0.05) is 31.2 Å². The highest BCUT2D eigenvalue weighted by Crippen LogP contribution is 2.37. The average Bonchev–Trinajstić information content (AvgIpc) is 2.92. The van der Waals surface area contributed by atoms with Crippen molar-refractivity contribution in [2.45, 2.75) is 77.8 Å². The third-order valence-corrected chi connectivity index (χ3v) is 12.7. The van der Waals surface area contributed by atoms with Crippen LogP contribution in [0.3, 0.4) is 0 Å². The monoisotopic (exact) mass is 641 g/mol. The first-order chi connectivity index (χ1) is 20.9. The highest BCUT2D eigenvalue weighted by molar-refractivity contribution is 6.74. The lowest BCUT2D eigenvalue weighted by Crippen LogP contribution is -2.56. The van der Waals surface area contributed by atoms with Crippen molar-refractivity contribution in [1.82, 2.24) is 4.90 Å². The fraction of sp³-hybridized carbons (Fsp3) is 0.529. The predicted octanol–water partition coefficient (Wildman–Crippen LogP) is 6.64. The van der Waals surface area contributed by atoms with Crippen LogP contribution in [0.4, 0.5) is 4.79 Å². The minimum atomic E-state index is -2.11. The third kappa shape index (κ3) is 9.89. The lowest BCUT2D eigenvalue weighted by atomic mass is 9.84. The van der Waals surface area contributed by atoms with Crippen LogP contribution in [0.1, 0.15) is 58.3 Å². The smallest absolute Gasteiger partial charge is 0.410 e. The summed E-state index contributed by atoms with van der Waals surface area (Å²) in [6.07, 6.45) is -1.97. The zero-order valence-corrected chi connectivity index (χ0v) is 28.9. The maximum atomic E-state index is 13.7. The Balaban J connectivity index is 1.75. The maximum Gasteiger partial charge on any atom is 0.410 e. The molecule has 0 bridgehead atoms. The zero-order valence-electron chi connectivity index (χ0n) is 27.9. The Kier molecular flexibility index (Phi) is 11.6. The summed E-state index contributed by atoms with van der Waals surface area (Å²) in [7, 11) is -0.987. The van der Waals surface area contributed by atoms with Crippen LogP contribution in [0.2, 0.25) is 18.1 Å². The molecule has 0 spiro atoms. The van der Waals surface area contributed by atoms with E-state index in [-0.39, 0.29) is 29.6 Å². The summed E-state index contributed by atoms with van der Waals surface area (Å²) >= 11 is 0. The van der Waals surface area contributed by atoms with Gasteiger partial charge in [0.1, 0.15) is 17.1 Å². The van der Waals surface area contributed by atoms with E-state index in [1.807, 2.05) is 18.2 Å². The van der Waals surface area contributed by atoms with E-state index in [2.05, 4.69) is 33.9 Å². The third-order valence-electron chi connectivity index (χ3n) is 8.14. The summed E-state index contributed by atoms with van der Waals surface area (Å²) in [5, 5.41) is -0.0307. The van der Waals surface area contributed by atoms with Gasteiger partial charge in [-0.1, -0.05) is 39.0 Å². The molecule has 2 atom stereocenters. The van der Waals surface area contributed by atoms with E-state index >= 15 is 0 Å². The fourth-order valence-corrected chi connectivity index (χ4v) is 5.49. The first-order valence-electron chi connectivity index (χ1n) is 15.2. The molecule has 1 aliphatic heterocycles. The van der Waals surface area contributed by atoms with Crippen molar-refractivity contribution in [1.29, 1.82) is 0 Å². The molecule has 1 heterocycles. The standard InChI is InChI=1S/C34H47NO9Si/c1-33(2,3)44-32(39)35-21-24(22-35)27(19-20-41-45(8,9)34(4,5)6)30(37)43-29(31(38)40-7)28(36)23-15-17-26(18-16-23)42-25-13-11-10-12-14-25/h10-18,24,27,29H,19-22H2,1-9H3. The van der Waals surface area contributed by atoms with Gasteiger partial charge in [-0.2, -0.15) is 0 Å². The molecule has 45 heavy (non-hydrogen) atoms. The number of rotatable bonds is 12. The molecule has 0 saturated carbocycles. The second-order valence-electron chi connectivity index (χ2n) is 13.8. The molecule has 1 fully saturated rings. The molecule has 1 amide bonds. The normalized spacial score (nSPS) is 15.4. The zero-order chi connectivity index (χ0) is 33.6. The second-order valence-corrected chi connectivity index (χ2v) is 18.6. The van der Waals surface area contributed by atoms with Gasteiger partial charge in [-0.25, -0.2) is 9.59 Å². The largest absolute Gasteiger partial charge is 0.466 e. The summed E-state index contributed by atoms with van der Waals surface area (Å²) < 4.78 is 28.0. The van der Waals surface area contributed by atoms with Crippen LogP contribution >= 0.6 is 0 Å². The molecule has 2 aromatic carbocycles. The minimum absolute atomic E-state index is 0.0307. The summed E-state index contributed by atoms with van der Waals surface area (Å²) in [5.41, 5.74) is -0.506. The van der Waals surface area contributed by atoms with Crippen molar-refractivity contribution in [3.05, 3.63) is 60.2 Å². The highest BCUT2D eigenvalue weighted by Gasteiger charge is 2.44. The molecule has 246 valence electrons. The van der Waals surface area contributed by atoms with E-state index in [4.69, 9.17) is 23.4 Å².